The Kier molecular flexibility index (Phi) is 4.03. The Bertz CT molecular complexity index is 687. The first-order valence-electron chi connectivity index (χ1n) is 6.55. The zero-order chi connectivity index (χ0) is 14.7. The van der Waals surface area contributed by atoms with E-state index in [1.165, 1.54) is 6.07 Å². The van der Waals surface area contributed by atoms with E-state index in [1.54, 1.807) is 4.57 Å². The Morgan fingerprint density at radius 2 is 1.90 bits per heavy atom. The predicted molar refractivity (Wildman–Crippen MR) is 77.3 cm³/mol. The minimum absolute atomic E-state index is 0.171. The molecule has 0 saturated heterocycles. The Morgan fingerprint density at radius 3 is 2.45 bits per heavy atom. The van der Waals surface area contributed by atoms with E-state index >= 15 is 0 Å². The average molecular weight is 271 g/mol. The first kappa shape index (κ1) is 14.1. The summed E-state index contributed by atoms with van der Waals surface area (Å²) in [4.78, 5) is 23.5. The number of aromatic nitrogens is 1. The van der Waals surface area contributed by atoms with E-state index in [1.807, 2.05) is 44.2 Å². The maximum Gasteiger partial charge on any atom is 0.341 e. The molecular weight excluding hydrogens is 254 g/mol. The molecule has 0 amide bonds. The largest absolute Gasteiger partial charge is 0.477 e. The normalized spacial score (nSPS) is 10.5. The first-order chi connectivity index (χ1) is 9.54. The number of rotatable bonds is 4. The highest BCUT2D eigenvalue weighted by Crippen LogP contribution is 2.11. The van der Waals surface area contributed by atoms with E-state index in [4.69, 9.17) is 5.11 Å². The topological polar surface area (TPSA) is 59.3 Å². The van der Waals surface area contributed by atoms with Crippen molar-refractivity contribution in [3.05, 3.63) is 69.1 Å². The van der Waals surface area contributed by atoms with Gasteiger partial charge in [0.1, 0.15) is 5.56 Å². The van der Waals surface area contributed by atoms with Crippen molar-refractivity contribution in [3.8, 4) is 0 Å². The van der Waals surface area contributed by atoms with E-state index in [2.05, 4.69) is 0 Å². The molecule has 0 atom stereocenters. The van der Waals surface area contributed by atoms with Crippen LogP contribution in [0, 0.1) is 6.92 Å². The van der Waals surface area contributed by atoms with Crippen LogP contribution in [0.25, 0.3) is 0 Å². The van der Waals surface area contributed by atoms with Crippen LogP contribution in [0.15, 0.2) is 41.2 Å². The molecule has 1 N–H and O–H groups in total. The fourth-order valence-corrected chi connectivity index (χ4v) is 2.40. The lowest BCUT2D eigenvalue weighted by Crippen LogP contribution is -2.30. The lowest BCUT2D eigenvalue weighted by atomic mass is 10.1. The van der Waals surface area contributed by atoms with Crippen molar-refractivity contribution in [1.82, 2.24) is 4.57 Å². The number of aryl methyl sites for hydroxylation is 1. The third-order valence-electron chi connectivity index (χ3n) is 3.37. The number of hydrogen-bond acceptors (Lipinski definition) is 2. The Labute approximate surface area is 117 Å². The van der Waals surface area contributed by atoms with Crippen molar-refractivity contribution in [2.75, 3.05) is 0 Å². The number of carboxylic acids is 1. The molecule has 0 radical (unpaired) electrons. The quantitative estimate of drug-likeness (QED) is 0.929. The summed E-state index contributed by atoms with van der Waals surface area (Å²) >= 11 is 0. The lowest BCUT2D eigenvalue weighted by Gasteiger charge is -2.15. The van der Waals surface area contributed by atoms with E-state index in [0.717, 1.165) is 16.8 Å². The van der Waals surface area contributed by atoms with Crippen LogP contribution in [0.1, 0.15) is 34.1 Å². The second-order valence-electron chi connectivity index (χ2n) is 4.72. The average Bonchev–Trinajstić information content (AvgIpc) is 2.43. The van der Waals surface area contributed by atoms with Crippen LogP contribution in [-0.4, -0.2) is 15.6 Å². The Hall–Kier alpha value is -2.36. The molecule has 0 spiro atoms. The zero-order valence-electron chi connectivity index (χ0n) is 11.6. The van der Waals surface area contributed by atoms with E-state index in [0.29, 0.717) is 13.0 Å². The summed E-state index contributed by atoms with van der Waals surface area (Å²) in [5.74, 6) is -1.18. The molecule has 0 fully saturated rings. The molecule has 0 saturated carbocycles. The van der Waals surface area contributed by atoms with Crippen LogP contribution in [0.5, 0.6) is 0 Å². The molecule has 4 heteroatoms. The summed E-state index contributed by atoms with van der Waals surface area (Å²) in [6.45, 7) is 4.20. The van der Waals surface area contributed by atoms with Gasteiger partial charge in [-0.2, -0.15) is 0 Å². The standard InChI is InChI=1S/C16H17NO3/c1-3-14-11(2)9-13(16(19)20)15(18)17(14)10-12-7-5-4-6-8-12/h4-9H,3,10H2,1-2H3,(H,19,20). The number of hydrogen-bond donors (Lipinski definition) is 1. The van der Waals surface area contributed by atoms with Gasteiger partial charge < -0.3 is 9.67 Å². The van der Waals surface area contributed by atoms with Crippen LogP contribution in [-0.2, 0) is 13.0 Å². The molecule has 1 aromatic heterocycles. The molecule has 0 bridgehead atoms. The number of pyridine rings is 1. The van der Waals surface area contributed by atoms with Gasteiger partial charge in [-0.05, 0) is 30.5 Å². The molecule has 2 rings (SSSR count). The molecular formula is C16H17NO3. The number of carboxylic acid groups (broad SMARTS) is 1. The Morgan fingerprint density at radius 1 is 1.25 bits per heavy atom. The predicted octanol–water partition coefficient (Wildman–Crippen LogP) is 2.47. The summed E-state index contributed by atoms with van der Waals surface area (Å²) in [5, 5.41) is 9.13. The molecule has 0 aliphatic carbocycles. The van der Waals surface area contributed by atoms with Gasteiger partial charge in [-0.15, -0.1) is 0 Å². The van der Waals surface area contributed by atoms with Crippen molar-refractivity contribution >= 4 is 5.97 Å². The van der Waals surface area contributed by atoms with Crippen LogP contribution >= 0.6 is 0 Å². The van der Waals surface area contributed by atoms with Crippen LogP contribution < -0.4 is 5.56 Å². The van der Waals surface area contributed by atoms with Gasteiger partial charge in [0, 0.05) is 5.69 Å². The third kappa shape index (κ3) is 2.64. The highest BCUT2D eigenvalue weighted by atomic mass is 16.4. The summed E-state index contributed by atoms with van der Waals surface area (Å²) in [5.41, 5.74) is 2.08. The molecule has 0 aliphatic rings. The van der Waals surface area contributed by atoms with Crippen molar-refractivity contribution < 1.29 is 9.90 Å². The van der Waals surface area contributed by atoms with Crippen LogP contribution in [0.4, 0.5) is 0 Å². The van der Waals surface area contributed by atoms with Gasteiger partial charge in [-0.3, -0.25) is 4.79 Å². The van der Waals surface area contributed by atoms with E-state index in [9.17, 15) is 9.59 Å². The van der Waals surface area contributed by atoms with E-state index in [-0.39, 0.29) is 5.56 Å². The highest BCUT2D eigenvalue weighted by Gasteiger charge is 2.16. The SMILES string of the molecule is CCc1c(C)cc(C(=O)O)c(=O)n1Cc1ccccc1. The fraction of sp³-hybridized carbons (Fsp3) is 0.250. The summed E-state index contributed by atoms with van der Waals surface area (Å²) in [6, 6.07) is 11.0. The minimum Gasteiger partial charge on any atom is -0.477 e. The monoisotopic (exact) mass is 271 g/mol. The number of benzene rings is 1. The van der Waals surface area contributed by atoms with Gasteiger partial charge in [0.2, 0.25) is 0 Å². The van der Waals surface area contributed by atoms with E-state index < -0.39 is 11.5 Å². The molecule has 0 aliphatic heterocycles. The number of carbonyl (C=O) groups is 1. The Balaban J connectivity index is 2.60. The van der Waals surface area contributed by atoms with Gasteiger partial charge in [0.05, 0.1) is 6.54 Å². The summed E-state index contributed by atoms with van der Waals surface area (Å²) in [7, 11) is 0. The summed E-state index contributed by atoms with van der Waals surface area (Å²) in [6.07, 6.45) is 0.688. The maximum atomic E-state index is 12.3. The van der Waals surface area contributed by atoms with Gasteiger partial charge in [0.25, 0.3) is 5.56 Å². The second-order valence-corrected chi connectivity index (χ2v) is 4.72. The van der Waals surface area contributed by atoms with Crippen molar-refractivity contribution in [3.63, 3.8) is 0 Å². The van der Waals surface area contributed by atoms with Crippen molar-refractivity contribution in [1.29, 1.82) is 0 Å². The van der Waals surface area contributed by atoms with Crippen LogP contribution in [0.2, 0.25) is 0 Å². The number of nitrogens with zero attached hydrogens (tertiary/aromatic N) is 1. The fourth-order valence-electron chi connectivity index (χ4n) is 2.40. The zero-order valence-corrected chi connectivity index (χ0v) is 11.6. The second kappa shape index (κ2) is 5.74. The van der Waals surface area contributed by atoms with Crippen molar-refractivity contribution in [2.24, 2.45) is 0 Å². The molecule has 1 aromatic carbocycles. The third-order valence-corrected chi connectivity index (χ3v) is 3.37. The number of aromatic carboxylic acids is 1. The smallest absolute Gasteiger partial charge is 0.341 e. The first-order valence-corrected chi connectivity index (χ1v) is 6.55. The highest BCUT2D eigenvalue weighted by molar-refractivity contribution is 5.87. The lowest BCUT2D eigenvalue weighted by molar-refractivity contribution is 0.0694. The van der Waals surface area contributed by atoms with Gasteiger partial charge in [-0.1, -0.05) is 37.3 Å². The van der Waals surface area contributed by atoms with Crippen molar-refractivity contribution in [2.45, 2.75) is 26.8 Å². The maximum absolute atomic E-state index is 12.3. The molecule has 104 valence electrons. The summed E-state index contributed by atoms with van der Waals surface area (Å²) < 4.78 is 1.56. The molecule has 0 unspecified atom stereocenters. The molecule has 20 heavy (non-hydrogen) atoms. The van der Waals surface area contributed by atoms with Gasteiger partial charge in [0.15, 0.2) is 0 Å². The van der Waals surface area contributed by atoms with Gasteiger partial charge >= 0.3 is 5.97 Å². The molecule has 2 aromatic rings. The molecule has 4 nitrogen and oxygen atoms in total. The molecule has 1 heterocycles. The van der Waals surface area contributed by atoms with Crippen LogP contribution in [0.3, 0.4) is 0 Å². The minimum atomic E-state index is -1.18. The van der Waals surface area contributed by atoms with Gasteiger partial charge in [-0.25, -0.2) is 4.79 Å².